The van der Waals surface area contributed by atoms with Crippen LogP contribution < -0.4 is 10.9 Å². The van der Waals surface area contributed by atoms with Gasteiger partial charge >= 0.3 is 11.9 Å². The second-order valence-corrected chi connectivity index (χ2v) is 10.2. The highest BCUT2D eigenvalue weighted by molar-refractivity contribution is 6.52. The van der Waals surface area contributed by atoms with Crippen molar-refractivity contribution in [2.75, 3.05) is 0 Å². The molecular formula is C30H12O12. The average molecular weight is 564 g/mol. The maximum atomic E-state index is 13.9. The van der Waals surface area contributed by atoms with Gasteiger partial charge in [-0.2, -0.15) is 0 Å². The first-order chi connectivity index (χ1) is 19.9. The van der Waals surface area contributed by atoms with Crippen molar-refractivity contribution < 1.29 is 50.4 Å². The summed E-state index contributed by atoms with van der Waals surface area (Å²) >= 11 is 0. The molecule has 0 aliphatic heterocycles. The zero-order valence-electron chi connectivity index (χ0n) is 20.5. The number of fused-ring (bicyclic) bond motifs is 2. The van der Waals surface area contributed by atoms with Gasteiger partial charge in [-0.1, -0.05) is 0 Å². The zero-order valence-corrected chi connectivity index (χ0v) is 20.5. The van der Waals surface area contributed by atoms with Gasteiger partial charge in [-0.3, -0.25) is 9.59 Å². The van der Waals surface area contributed by atoms with Crippen molar-refractivity contribution in [1.29, 1.82) is 0 Å². The van der Waals surface area contributed by atoms with Gasteiger partial charge in [-0.05, 0) is 12.1 Å². The maximum Gasteiger partial charge on any atom is 0.336 e. The molecule has 0 spiro atoms. The number of carboxylic acid groups (broad SMARTS) is 2. The van der Waals surface area contributed by atoms with Crippen LogP contribution in [0.15, 0.2) is 33.9 Å². The number of rotatable bonds is 2. The summed E-state index contributed by atoms with van der Waals surface area (Å²) in [5, 5.41) is 82.1. The standard InChI is InChI=1S/C30H12O12/c31-7-1-5(29(39)40)13-14-6(30(41)42)2-8(32)18-22(14)26-24-16(10(34)4-12(36)20(24)28(18)38)15-9(33)3-11(35)19-23(15)25(26)21(13)17(7)27(19)37/h1-4,31-36H,(H,39,40)(H,41,42). The number of carbonyl (C=O) groups is 2. The maximum absolute atomic E-state index is 13.9. The molecule has 0 bridgehead atoms. The van der Waals surface area contributed by atoms with Crippen molar-refractivity contribution in [3.63, 3.8) is 0 Å². The third-order valence-electron chi connectivity index (χ3n) is 8.30. The molecule has 0 radical (unpaired) electrons. The van der Waals surface area contributed by atoms with Crippen LogP contribution in [0.5, 0.6) is 34.5 Å². The molecule has 12 heteroatoms. The van der Waals surface area contributed by atoms with Gasteiger partial charge in [-0.15, -0.1) is 0 Å². The van der Waals surface area contributed by atoms with Gasteiger partial charge in [0.05, 0.1) is 32.7 Å². The third-order valence-corrected chi connectivity index (χ3v) is 8.30. The number of aromatic hydroxyl groups is 6. The molecule has 0 saturated carbocycles. The Balaban J connectivity index is 2.03. The summed E-state index contributed by atoms with van der Waals surface area (Å²) in [4.78, 5) is 53.0. The minimum absolute atomic E-state index is 0.0869. The summed E-state index contributed by atoms with van der Waals surface area (Å²) in [7, 11) is 0. The van der Waals surface area contributed by atoms with E-state index in [1.807, 2.05) is 0 Å². The van der Waals surface area contributed by atoms with E-state index in [1.165, 1.54) is 0 Å². The van der Waals surface area contributed by atoms with Crippen molar-refractivity contribution in [1.82, 2.24) is 0 Å². The molecule has 42 heavy (non-hydrogen) atoms. The zero-order chi connectivity index (χ0) is 29.8. The van der Waals surface area contributed by atoms with Gasteiger partial charge in [0.25, 0.3) is 0 Å². The number of hydrogen-bond donors (Lipinski definition) is 8. The van der Waals surface area contributed by atoms with Crippen LogP contribution in [0.2, 0.25) is 0 Å². The molecular weight excluding hydrogens is 552 g/mol. The molecule has 0 saturated heterocycles. The van der Waals surface area contributed by atoms with Crippen molar-refractivity contribution in [2.45, 2.75) is 0 Å². The molecule has 0 unspecified atom stereocenters. The summed E-state index contributed by atoms with van der Waals surface area (Å²) < 4.78 is 0. The minimum atomic E-state index is -1.63. The first-order valence-electron chi connectivity index (χ1n) is 12.2. The summed E-state index contributed by atoms with van der Waals surface area (Å²) in [6.07, 6.45) is 0. The van der Waals surface area contributed by atoms with Crippen LogP contribution in [-0.4, -0.2) is 52.8 Å². The van der Waals surface area contributed by atoms with Gasteiger partial charge in [0, 0.05) is 66.0 Å². The van der Waals surface area contributed by atoms with E-state index in [9.17, 15) is 60.0 Å². The molecule has 0 aromatic heterocycles. The molecule has 0 heterocycles. The summed E-state index contributed by atoms with van der Waals surface area (Å²) in [6, 6.07) is 3.15. The van der Waals surface area contributed by atoms with E-state index in [1.54, 1.807) is 0 Å². The predicted molar refractivity (Wildman–Crippen MR) is 150 cm³/mol. The molecule has 8 aromatic rings. The fourth-order valence-corrected chi connectivity index (χ4v) is 6.93. The van der Waals surface area contributed by atoms with Gasteiger partial charge < -0.3 is 40.9 Å². The number of aromatic carboxylic acids is 2. The van der Waals surface area contributed by atoms with Crippen LogP contribution in [-0.2, 0) is 0 Å². The van der Waals surface area contributed by atoms with Crippen molar-refractivity contribution >= 4 is 87.3 Å². The van der Waals surface area contributed by atoms with E-state index in [2.05, 4.69) is 0 Å². The highest BCUT2D eigenvalue weighted by atomic mass is 16.4. The molecule has 0 aliphatic carbocycles. The first kappa shape index (κ1) is 23.6. The van der Waals surface area contributed by atoms with Crippen LogP contribution in [0, 0.1) is 0 Å². The van der Waals surface area contributed by atoms with Crippen LogP contribution in [0.1, 0.15) is 20.7 Å². The number of benzene rings is 8. The first-order valence-corrected chi connectivity index (χ1v) is 12.2. The number of carboxylic acids is 2. The Labute approximate surface area is 228 Å². The van der Waals surface area contributed by atoms with E-state index < -0.39 is 90.0 Å². The number of phenols is 6. The van der Waals surface area contributed by atoms with E-state index in [0.717, 1.165) is 24.3 Å². The second kappa shape index (κ2) is 6.88. The molecule has 8 aromatic carbocycles. The van der Waals surface area contributed by atoms with E-state index in [-0.39, 0.29) is 53.9 Å². The largest absolute Gasteiger partial charge is 0.507 e. The topological polar surface area (TPSA) is 230 Å². The normalized spacial score (nSPS) is 12.5. The monoisotopic (exact) mass is 564 g/mol. The molecule has 0 atom stereocenters. The highest BCUT2D eigenvalue weighted by Crippen LogP contribution is 2.57. The van der Waals surface area contributed by atoms with Crippen molar-refractivity contribution in [3.8, 4) is 34.5 Å². The summed E-state index contributed by atoms with van der Waals surface area (Å²) in [5.41, 5.74) is -3.27. The fraction of sp³-hybridized carbons (Fsp3) is 0. The summed E-state index contributed by atoms with van der Waals surface area (Å²) in [5.74, 6) is -7.61. The number of hydrogen-bond acceptors (Lipinski definition) is 10. The molecule has 0 amide bonds. The Kier molecular flexibility index (Phi) is 3.86. The third kappa shape index (κ3) is 2.28. The van der Waals surface area contributed by atoms with Crippen LogP contribution in [0.3, 0.4) is 0 Å². The van der Waals surface area contributed by atoms with E-state index in [4.69, 9.17) is 0 Å². The van der Waals surface area contributed by atoms with Gasteiger partial charge in [-0.25, -0.2) is 9.59 Å². The lowest BCUT2D eigenvalue weighted by atomic mass is 9.77. The predicted octanol–water partition coefficient (Wildman–Crippen LogP) is 3.86. The Morgan fingerprint density at radius 3 is 0.905 bits per heavy atom. The highest BCUT2D eigenvalue weighted by Gasteiger charge is 2.35. The van der Waals surface area contributed by atoms with Gasteiger partial charge in [0.15, 0.2) is 0 Å². The second-order valence-electron chi connectivity index (χ2n) is 10.2. The summed E-state index contributed by atoms with van der Waals surface area (Å²) in [6.45, 7) is 0. The smallest absolute Gasteiger partial charge is 0.336 e. The van der Waals surface area contributed by atoms with Crippen LogP contribution in [0.4, 0.5) is 0 Å². The molecule has 0 aliphatic rings. The molecule has 0 fully saturated rings. The fourth-order valence-electron chi connectivity index (χ4n) is 6.93. The SMILES string of the molecule is O=C(O)c1cc(O)c2c(=O)c3c(O)cc(O)c4c5c(O)cc(O)c6c(=O)c7c(O)cc(C(=O)O)c8c1c2c(c34)c(c65)c78. The lowest BCUT2D eigenvalue weighted by molar-refractivity contribution is 0.0686. The Hall–Kier alpha value is -6.30. The quantitative estimate of drug-likeness (QED) is 0.110. The molecule has 204 valence electrons. The van der Waals surface area contributed by atoms with Crippen molar-refractivity contribution in [3.05, 3.63) is 55.8 Å². The Morgan fingerprint density at radius 1 is 0.357 bits per heavy atom. The Bertz CT molecular complexity index is 2540. The van der Waals surface area contributed by atoms with Crippen molar-refractivity contribution in [2.24, 2.45) is 0 Å². The lowest BCUT2D eigenvalue weighted by Crippen LogP contribution is -2.13. The van der Waals surface area contributed by atoms with E-state index >= 15 is 0 Å². The number of phenolic OH excluding ortho intramolecular Hbond substituents is 6. The molecule has 12 nitrogen and oxygen atoms in total. The van der Waals surface area contributed by atoms with Crippen LogP contribution >= 0.6 is 0 Å². The van der Waals surface area contributed by atoms with E-state index in [0.29, 0.717) is 0 Å². The lowest BCUT2D eigenvalue weighted by Gasteiger charge is -2.24. The Morgan fingerprint density at radius 2 is 0.595 bits per heavy atom. The minimum Gasteiger partial charge on any atom is -0.507 e. The van der Waals surface area contributed by atoms with Gasteiger partial charge in [0.1, 0.15) is 34.5 Å². The van der Waals surface area contributed by atoms with Crippen LogP contribution in [0.25, 0.3) is 75.4 Å². The molecule has 8 rings (SSSR count). The van der Waals surface area contributed by atoms with Gasteiger partial charge in [0.2, 0.25) is 10.9 Å². The molecule has 8 N–H and O–H groups in total. The average Bonchev–Trinajstić information content (AvgIpc) is 2.90.